The second-order valence-electron chi connectivity index (χ2n) is 6.71. The lowest BCUT2D eigenvalue weighted by atomic mass is 10.00. The topological polar surface area (TPSA) is 72.4 Å². The smallest absolute Gasteiger partial charge is 0.287 e. The number of hydrogen-bond donors (Lipinski definition) is 1. The second-order valence-corrected chi connectivity index (χ2v) is 6.71. The molecule has 1 amide bonds. The average molecular weight is 347 g/mol. The van der Waals surface area contributed by atoms with Crippen molar-refractivity contribution in [2.75, 3.05) is 13.1 Å². The molecular weight excluding hydrogens is 326 g/mol. The Morgan fingerprint density at radius 2 is 1.69 bits per heavy atom. The van der Waals surface area contributed by atoms with Crippen LogP contribution in [0.3, 0.4) is 0 Å². The molecule has 1 aliphatic heterocycles. The van der Waals surface area contributed by atoms with Crippen LogP contribution in [0.1, 0.15) is 29.0 Å². The Morgan fingerprint density at radius 1 is 1.00 bits per heavy atom. The van der Waals surface area contributed by atoms with Crippen LogP contribution in [0.15, 0.2) is 59.1 Å². The fourth-order valence-electron chi connectivity index (χ4n) is 3.43. The first-order valence-electron chi connectivity index (χ1n) is 8.88. The highest BCUT2D eigenvalue weighted by atomic mass is 16.5. The van der Waals surface area contributed by atoms with Gasteiger partial charge in [-0.05, 0) is 54.8 Å². The third-order valence-corrected chi connectivity index (χ3v) is 4.78. The van der Waals surface area contributed by atoms with E-state index in [4.69, 9.17) is 10.3 Å². The third kappa shape index (κ3) is 3.53. The van der Waals surface area contributed by atoms with Gasteiger partial charge in [-0.1, -0.05) is 41.6 Å². The minimum Gasteiger partial charge on any atom is -0.363 e. The predicted octanol–water partition coefficient (Wildman–Crippen LogP) is 3.70. The molecule has 26 heavy (non-hydrogen) atoms. The lowest BCUT2D eigenvalue weighted by Crippen LogP contribution is -2.18. The van der Waals surface area contributed by atoms with Crippen molar-refractivity contribution in [3.8, 4) is 22.4 Å². The van der Waals surface area contributed by atoms with Crippen LogP contribution in [0.25, 0.3) is 22.4 Å². The molecule has 0 saturated carbocycles. The van der Waals surface area contributed by atoms with Crippen molar-refractivity contribution in [3.63, 3.8) is 0 Å². The molecule has 5 heteroatoms. The molecule has 0 aliphatic carbocycles. The molecule has 1 aliphatic rings. The quantitative estimate of drug-likeness (QED) is 0.764. The SMILES string of the molecule is NC(=O)c1cc(-c2cccc(-c3cccc(CN4CCCC4)c3)c2)no1. The highest BCUT2D eigenvalue weighted by molar-refractivity contribution is 5.91. The summed E-state index contributed by atoms with van der Waals surface area (Å²) in [6.07, 6.45) is 2.60. The van der Waals surface area contributed by atoms with Crippen molar-refractivity contribution in [3.05, 3.63) is 65.9 Å². The first-order valence-corrected chi connectivity index (χ1v) is 8.88. The van der Waals surface area contributed by atoms with E-state index in [0.717, 1.165) is 17.7 Å². The first-order chi connectivity index (χ1) is 12.7. The van der Waals surface area contributed by atoms with Gasteiger partial charge in [-0.25, -0.2) is 0 Å². The zero-order valence-electron chi connectivity index (χ0n) is 14.5. The molecule has 3 aromatic rings. The lowest BCUT2D eigenvalue weighted by molar-refractivity contribution is 0.0965. The van der Waals surface area contributed by atoms with E-state index >= 15 is 0 Å². The van der Waals surface area contributed by atoms with Crippen LogP contribution in [0.5, 0.6) is 0 Å². The minimum absolute atomic E-state index is 0.0676. The van der Waals surface area contributed by atoms with Gasteiger partial charge in [0.05, 0.1) is 0 Å². The summed E-state index contributed by atoms with van der Waals surface area (Å²) in [5.74, 6) is -0.549. The van der Waals surface area contributed by atoms with Crippen molar-refractivity contribution in [1.29, 1.82) is 0 Å². The van der Waals surface area contributed by atoms with Crippen LogP contribution in [-0.2, 0) is 6.54 Å². The number of benzene rings is 2. The number of hydrogen-bond acceptors (Lipinski definition) is 4. The Bertz CT molecular complexity index is 926. The van der Waals surface area contributed by atoms with E-state index in [9.17, 15) is 4.79 Å². The van der Waals surface area contributed by atoms with Gasteiger partial charge in [0.2, 0.25) is 5.76 Å². The molecule has 2 aromatic carbocycles. The van der Waals surface area contributed by atoms with Crippen molar-refractivity contribution < 1.29 is 9.32 Å². The van der Waals surface area contributed by atoms with E-state index in [2.05, 4.69) is 46.5 Å². The van der Waals surface area contributed by atoms with E-state index < -0.39 is 5.91 Å². The third-order valence-electron chi connectivity index (χ3n) is 4.78. The molecule has 0 bridgehead atoms. The van der Waals surface area contributed by atoms with Crippen LogP contribution >= 0.6 is 0 Å². The maximum atomic E-state index is 11.2. The Labute approximate surface area is 152 Å². The molecule has 2 N–H and O–H groups in total. The van der Waals surface area contributed by atoms with Gasteiger partial charge >= 0.3 is 0 Å². The minimum atomic E-state index is -0.616. The van der Waals surface area contributed by atoms with Gasteiger partial charge in [0.1, 0.15) is 5.69 Å². The summed E-state index contributed by atoms with van der Waals surface area (Å²) in [5, 5.41) is 3.95. The highest BCUT2D eigenvalue weighted by Crippen LogP contribution is 2.27. The molecule has 0 unspecified atom stereocenters. The molecule has 1 saturated heterocycles. The lowest BCUT2D eigenvalue weighted by Gasteiger charge is -2.15. The summed E-state index contributed by atoms with van der Waals surface area (Å²) in [5.41, 5.74) is 10.3. The Morgan fingerprint density at radius 3 is 2.42 bits per heavy atom. The fourth-order valence-corrected chi connectivity index (χ4v) is 3.43. The number of likely N-dealkylation sites (tertiary alicyclic amines) is 1. The van der Waals surface area contributed by atoms with E-state index in [1.807, 2.05) is 12.1 Å². The van der Waals surface area contributed by atoms with Crippen LogP contribution in [0.2, 0.25) is 0 Å². The molecule has 4 rings (SSSR count). The van der Waals surface area contributed by atoms with Crippen molar-refractivity contribution in [1.82, 2.24) is 10.1 Å². The maximum absolute atomic E-state index is 11.2. The zero-order chi connectivity index (χ0) is 17.9. The monoisotopic (exact) mass is 347 g/mol. The summed E-state index contributed by atoms with van der Waals surface area (Å²) in [7, 11) is 0. The van der Waals surface area contributed by atoms with E-state index in [1.165, 1.54) is 37.1 Å². The largest absolute Gasteiger partial charge is 0.363 e. The van der Waals surface area contributed by atoms with Crippen LogP contribution < -0.4 is 5.73 Å². The average Bonchev–Trinajstić information content (AvgIpc) is 3.34. The first kappa shape index (κ1) is 16.5. The normalized spacial score (nSPS) is 14.6. The molecule has 0 spiro atoms. The Balaban J connectivity index is 1.60. The van der Waals surface area contributed by atoms with Gasteiger partial charge in [0, 0.05) is 18.2 Å². The van der Waals surface area contributed by atoms with Gasteiger partial charge in [0.25, 0.3) is 5.91 Å². The summed E-state index contributed by atoms with van der Waals surface area (Å²) in [4.78, 5) is 13.7. The summed E-state index contributed by atoms with van der Waals surface area (Å²) in [6, 6.07) is 18.3. The second kappa shape index (κ2) is 7.14. The number of primary amides is 1. The highest BCUT2D eigenvalue weighted by Gasteiger charge is 2.13. The van der Waals surface area contributed by atoms with E-state index in [-0.39, 0.29) is 5.76 Å². The molecule has 2 heterocycles. The van der Waals surface area contributed by atoms with E-state index in [1.54, 1.807) is 6.07 Å². The molecule has 5 nitrogen and oxygen atoms in total. The molecule has 0 atom stereocenters. The molecular formula is C21H21N3O2. The van der Waals surface area contributed by atoms with Gasteiger partial charge in [-0.2, -0.15) is 0 Å². The summed E-state index contributed by atoms with van der Waals surface area (Å²) < 4.78 is 4.99. The molecule has 1 fully saturated rings. The maximum Gasteiger partial charge on any atom is 0.287 e. The van der Waals surface area contributed by atoms with E-state index in [0.29, 0.717) is 5.69 Å². The number of carbonyl (C=O) groups is 1. The number of amides is 1. The standard InChI is InChI=1S/C21H21N3O2/c22-21(25)20-13-19(23-26-20)18-8-4-7-17(12-18)16-6-3-5-15(11-16)14-24-9-1-2-10-24/h3-8,11-13H,1-2,9-10,14H2,(H2,22,25). The Kier molecular flexibility index (Phi) is 4.54. The van der Waals surface area contributed by atoms with Crippen LogP contribution in [-0.4, -0.2) is 29.1 Å². The number of rotatable bonds is 5. The predicted molar refractivity (Wildman–Crippen MR) is 100 cm³/mol. The molecule has 1 aromatic heterocycles. The number of carbonyl (C=O) groups excluding carboxylic acids is 1. The van der Waals surface area contributed by atoms with Gasteiger partial charge < -0.3 is 10.3 Å². The zero-order valence-corrected chi connectivity index (χ0v) is 14.5. The van der Waals surface area contributed by atoms with Crippen LogP contribution in [0, 0.1) is 0 Å². The van der Waals surface area contributed by atoms with Crippen molar-refractivity contribution in [2.24, 2.45) is 5.73 Å². The van der Waals surface area contributed by atoms with Crippen LogP contribution in [0.4, 0.5) is 0 Å². The van der Waals surface area contributed by atoms with Crippen molar-refractivity contribution >= 4 is 5.91 Å². The van der Waals surface area contributed by atoms with Gasteiger partial charge in [-0.3, -0.25) is 9.69 Å². The molecule has 132 valence electrons. The Hall–Kier alpha value is -2.92. The molecule has 0 radical (unpaired) electrons. The fraction of sp³-hybridized carbons (Fsp3) is 0.238. The summed E-state index contributed by atoms with van der Waals surface area (Å²) >= 11 is 0. The number of aromatic nitrogens is 1. The van der Waals surface area contributed by atoms with Gasteiger partial charge in [-0.15, -0.1) is 0 Å². The van der Waals surface area contributed by atoms with Gasteiger partial charge in [0.15, 0.2) is 0 Å². The number of nitrogens with zero attached hydrogens (tertiary/aromatic N) is 2. The number of nitrogens with two attached hydrogens (primary N) is 1. The summed E-state index contributed by atoms with van der Waals surface area (Å²) in [6.45, 7) is 3.38. The van der Waals surface area contributed by atoms with Crippen molar-refractivity contribution in [2.45, 2.75) is 19.4 Å².